The molecule has 2 aromatic rings. The van der Waals surface area contributed by atoms with E-state index < -0.39 is 0 Å². The predicted molar refractivity (Wildman–Crippen MR) is 91.8 cm³/mol. The van der Waals surface area contributed by atoms with Gasteiger partial charge < -0.3 is 9.64 Å². The first-order valence-electron chi connectivity index (χ1n) is 8.35. The van der Waals surface area contributed by atoms with Crippen molar-refractivity contribution < 1.29 is 14.3 Å². The highest BCUT2D eigenvalue weighted by molar-refractivity contribution is 6.00. The lowest BCUT2D eigenvalue weighted by Crippen LogP contribution is -2.26. The molecular weight excluding hydrogens is 302 g/mol. The number of hydrogen-bond acceptors (Lipinski definition) is 3. The summed E-state index contributed by atoms with van der Waals surface area (Å²) in [7, 11) is 0. The monoisotopic (exact) mass is 321 g/mol. The molecule has 1 heterocycles. The van der Waals surface area contributed by atoms with Crippen molar-refractivity contribution in [1.82, 2.24) is 0 Å². The molecule has 122 valence electrons. The van der Waals surface area contributed by atoms with E-state index in [2.05, 4.69) is 36.4 Å². The number of nitrogens with zero attached hydrogens (tertiary/aromatic N) is 1. The van der Waals surface area contributed by atoms with Gasteiger partial charge in [0.2, 0.25) is 5.91 Å². The van der Waals surface area contributed by atoms with Crippen LogP contribution in [0.1, 0.15) is 24.5 Å². The maximum Gasteiger partial charge on any atom is 0.311 e. The van der Waals surface area contributed by atoms with Crippen molar-refractivity contribution in [3.8, 4) is 11.1 Å². The van der Waals surface area contributed by atoms with E-state index in [0.717, 1.165) is 12.1 Å². The van der Waals surface area contributed by atoms with Crippen LogP contribution in [0.2, 0.25) is 0 Å². The van der Waals surface area contributed by atoms with E-state index in [1.54, 1.807) is 11.8 Å². The quantitative estimate of drug-likeness (QED) is 0.696. The summed E-state index contributed by atoms with van der Waals surface area (Å²) in [5.74, 6) is -0.645. The van der Waals surface area contributed by atoms with E-state index in [0.29, 0.717) is 13.2 Å². The van der Waals surface area contributed by atoms with Gasteiger partial charge in [0.05, 0.1) is 12.5 Å². The molecule has 0 saturated carbocycles. The molecule has 0 aromatic heterocycles. The molecular formula is C20H19NO3. The van der Waals surface area contributed by atoms with Crippen LogP contribution in [0.15, 0.2) is 42.5 Å². The summed E-state index contributed by atoms with van der Waals surface area (Å²) < 4.78 is 5.06. The number of anilines is 1. The summed E-state index contributed by atoms with van der Waals surface area (Å²) in [5.41, 5.74) is 5.94. The Hall–Kier alpha value is -2.62. The van der Waals surface area contributed by atoms with Crippen molar-refractivity contribution >= 4 is 17.6 Å². The molecule has 4 rings (SSSR count). The molecule has 1 amide bonds. The average Bonchev–Trinajstić information content (AvgIpc) is 3.15. The number of carbonyl (C=O) groups is 2. The average molecular weight is 321 g/mol. The molecule has 2 aromatic carbocycles. The van der Waals surface area contributed by atoms with Crippen LogP contribution in [0.3, 0.4) is 0 Å². The van der Waals surface area contributed by atoms with Crippen molar-refractivity contribution in [2.24, 2.45) is 5.92 Å². The summed E-state index contributed by atoms with van der Waals surface area (Å²) in [6, 6.07) is 14.5. The van der Waals surface area contributed by atoms with Crippen LogP contribution in [-0.4, -0.2) is 25.0 Å². The standard InChI is InChI=1S/C20H19NO3/c1-2-24-20(23)15-11-19(22)21(12-15)16-7-8-18-14(10-16)9-13-5-3-4-6-17(13)18/h3-8,10,15H,2,9,11-12H2,1H3/t15-/m1/s1. The van der Waals surface area contributed by atoms with Gasteiger partial charge in [-0.05, 0) is 47.7 Å². The molecule has 0 N–H and O–H groups in total. The maximum atomic E-state index is 12.3. The minimum absolute atomic E-state index is 0.0106. The fourth-order valence-electron chi connectivity index (χ4n) is 3.67. The first-order valence-corrected chi connectivity index (χ1v) is 8.35. The van der Waals surface area contributed by atoms with Crippen molar-refractivity contribution in [2.75, 3.05) is 18.1 Å². The molecule has 1 atom stereocenters. The smallest absolute Gasteiger partial charge is 0.311 e. The lowest BCUT2D eigenvalue weighted by molar-refractivity contribution is -0.147. The van der Waals surface area contributed by atoms with E-state index in [9.17, 15) is 9.59 Å². The Labute approximate surface area is 141 Å². The number of carbonyl (C=O) groups excluding carboxylic acids is 2. The number of esters is 1. The number of fused-ring (bicyclic) bond motifs is 3. The zero-order valence-electron chi connectivity index (χ0n) is 13.6. The van der Waals surface area contributed by atoms with Gasteiger partial charge in [-0.1, -0.05) is 30.3 Å². The number of benzene rings is 2. The molecule has 1 fully saturated rings. The SMILES string of the molecule is CCOC(=O)[C@@H]1CC(=O)N(c2ccc3c(c2)Cc2ccccc2-3)C1. The van der Waals surface area contributed by atoms with Crippen LogP contribution in [0, 0.1) is 5.92 Å². The summed E-state index contributed by atoms with van der Waals surface area (Å²) >= 11 is 0. The molecule has 24 heavy (non-hydrogen) atoms. The van der Waals surface area contributed by atoms with E-state index in [4.69, 9.17) is 4.74 Å². The van der Waals surface area contributed by atoms with Gasteiger partial charge in [0.1, 0.15) is 0 Å². The van der Waals surface area contributed by atoms with Gasteiger partial charge in [-0.2, -0.15) is 0 Å². The lowest BCUT2D eigenvalue weighted by Gasteiger charge is -2.17. The molecule has 2 aliphatic rings. The maximum absolute atomic E-state index is 12.3. The predicted octanol–water partition coefficient (Wildman–Crippen LogP) is 3.17. The van der Waals surface area contributed by atoms with E-state index >= 15 is 0 Å². The minimum atomic E-state index is -0.358. The highest BCUT2D eigenvalue weighted by Gasteiger charge is 2.36. The number of amides is 1. The van der Waals surface area contributed by atoms with Crippen LogP contribution in [0.25, 0.3) is 11.1 Å². The number of ether oxygens (including phenoxy) is 1. The third-order valence-corrected chi connectivity index (χ3v) is 4.83. The van der Waals surface area contributed by atoms with Gasteiger partial charge in [-0.15, -0.1) is 0 Å². The summed E-state index contributed by atoms with van der Waals surface area (Å²) in [5, 5.41) is 0. The van der Waals surface area contributed by atoms with Gasteiger partial charge in [0, 0.05) is 18.7 Å². The minimum Gasteiger partial charge on any atom is -0.466 e. The van der Waals surface area contributed by atoms with Crippen LogP contribution in [-0.2, 0) is 20.7 Å². The molecule has 0 spiro atoms. The molecule has 0 radical (unpaired) electrons. The van der Waals surface area contributed by atoms with Gasteiger partial charge in [0.25, 0.3) is 0 Å². The lowest BCUT2D eigenvalue weighted by atomic mass is 10.1. The van der Waals surface area contributed by atoms with Gasteiger partial charge in [0.15, 0.2) is 0 Å². The van der Waals surface area contributed by atoms with Crippen LogP contribution < -0.4 is 4.90 Å². The van der Waals surface area contributed by atoms with Crippen molar-refractivity contribution in [3.05, 3.63) is 53.6 Å². The fraction of sp³-hybridized carbons (Fsp3) is 0.300. The Bertz CT molecular complexity index is 827. The zero-order chi connectivity index (χ0) is 16.7. The Balaban J connectivity index is 1.59. The van der Waals surface area contributed by atoms with Crippen LogP contribution >= 0.6 is 0 Å². The molecule has 0 unspecified atom stereocenters. The Morgan fingerprint density at radius 3 is 2.79 bits per heavy atom. The summed E-state index contributed by atoms with van der Waals surface area (Å²) in [6.45, 7) is 2.54. The summed E-state index contributed by atoms with van der Waals surface area (Å²) in [4.78, 5) is 25.9. The van der Waals surface area contributed by atoms with Gasteiger partial charge >= 0.3 is 5.97 Å². The molecule has 4 heteroatoms. The highest BCUT2D eigenvalue weighted by atomic mass is 16.5. The second-order valence-electron chi connectivity index (χ2n) is 6.33. The van der Waals surface area contributed by atoms with E-state index in [1.807, 2.05) is 6.07 Å². The number of rotatable bonds is 3. The zero-order valence-corrected chi connectivity index (χ0v) is 13.6. The second kappa shape index (κ2) is 5.78. The Morgan fingerprint density at radius 2 is 1.96 bits per heavy atom. The number of hydrogen-bond donors (Lipinski definition) is 0. The fourth-order valence-corrected chi connectivity index (χ4v) is 3.67. The Kier molecular flexibility index (Phi) is 3.60. The van der Waals surface area contributed by atoms with E-state index in [-0.39, 0.29) is 24.2 Å². The van der Waals surface area contributed by atoms with Crippen LogP contribution in [0.4, 0.5) is 5.69 Å². The molecule has 4 nitrogen and oxygen atoms in total. The van der Waals surface area contributed by atoms with Crippen molar-refractivity contribution in [1.29, 1.82) is 0 Å². The normalized spacial score (nSPS) is 18.5. The largest absolute Gasteiger partial charge is 0.466 e. The first-order chi connectivity index (χ1) is 11.7. The van der Waals surface area contributed by atoms with Gasteiger partial charge in [-0.25, -0.2) is 0 Å². The third kappa shape index (κ3) is 2.39. The van der Waals surface area contributed by atoms with Crippen molar-refractivity contribution in [2.45, 2.75) is 19.8 Å². The Morgan fingerprint density at radius 1 is 1.17 bits per heavy atom. The molecule has 1 aliphatic heterocycles. The topological polar surface area (TPSA) is 46.6 Å². The van der Waals surface area contributed by atoms with Crippen LogP contribution in [0.5, 0.6) is 0 Å². The second-order valence-corrected chi connectivity index (χ2v) is 6.33. The summed E-state index contributed by atoms with van der Waals surface area (Å²) in [6.07, 6.45) is 1.12. The van der Waals surface area contributed by atoms with Gasteiger partial charge in [-0.3, -0.25) is 9.59 Å². The highest BCUT2D eigenvalue weighted by Crippen LogP contribution is 2.39. The first kappa shape index (κ1) is 14.9. The third-order valence-electron chi connectivity index (χ3n) is 4.83. The molecule has 0 bridgehead atoms. The molecule has 1 saturated heterocycles. The van der Waals surface area contributed by atoms with E-state index in [1.165, 1.54) is 22.3 Å². The van der Waals surface area contributed by atoms with Crippen molar-refractivity contribution in [3.63, 3.8) is 0 Å². The molecule has 1 aliphatic carbocycles.